The molecule has 74 valence electrons. The van der Waals surface area contributed by atoms with Crippen LogP contribution in [0.5, 0.6) is 5.75 Å². The maximum atomic E-state index is 10.7. The predicted octanol–water partition coefficient (Wildman–Crippen LogP) is 2.05. The zero-order valence-electron chi connectivity index (χ0n) is 7.12. The number of benzene rings is 1. The summed E-state index contributed by atoms with van der Waals surface area (Å²) in [7, 11) is 0. The van der Waals surface area contributed by atoms with E-state index in [1.807, 2.05) is 0 Å². The number of hydrogen-bond acceptors (Lipinski definition) is 4. The lowest BCUT2D eigenvalue weighted by Crippen LogP contribution is -2.18. The summed E-state index contributed by atoms with van der Waals surface area (Å²) < 4.78 is 5.21. The number of anilines is 1. The van der Waals surface area contributed by atoms with Gasteiger partial charge in [0.05, 0.1) is 10.6 Å². The van der Waals surface area contributed by atoms with E-state index in [0.717, 1.165) is 0 Å². The highest BCUT2D eigenvalue weighted by atomic mass is 35.5. The standard InChI is InChI=1S/C8H7ClN2O3/c9-5-3-6-8(14-2-1-10-6)7(4-5)11(12)13/h3-4,10H,1-2H2. The van der Waals surface area contributed by atoms with Crippen molar-refractivity contribution in [3.05, 3.63) is 27.3 Å². The van der Waals surface area contributed by atoms with Gasteiger partial charge < -0.3 is 10.1 Å². The van der Waals surface area contributed by atoms with Crippen molar-refractivity contribution in [2.24, 2.45) is 0 Å². The average Bonchev–Trinajstić information content (AvgIpc) is 2.16. The third-order valence-corrected chi connectivity index (χ3v) is 2.11. The van der Waals surface area contributed by atoms with Gasteiger partial charge in [0.2, 0.25) is 5.75 Å². The highest BCUT2D eigenvalue weighted by Crippen LogP contribution is 2.39. The number of halogens is 1. The lowest BCUT2D eigenvalue weighted by Gasteiger charge is -2.18. The van der Waals surface area contributed by atoms with Crippen molar-refractivity contribution in [1.29, 1.82) is 0 Å². The summed E-state index contributed by atoms with van der Waals surface area (Å²) in [4.78, 5) is 10.2. The summed E-state index contributed by atoms with van der Waals surface area (Å²) in [6.45, 7) is 1.06. The van der Waals surface area contributed by atoms with Gasteiger partial charge in [-0.05, 0) is 6.07 Å². The van der Waals surface area contributed by atoms with Crippen molar-refractivity contribution in [2.75, 3.05) is 18.5 Å². The van der Waals surface area contributed by atoms with Crippen molar-refractivity contribution >= 4 is 23.0 Å². The molecule has 1 aliphatic rings. The number of fused-ring (bicyclic) bond motifs is 1. The van der Waals surface area contributed by atoms with Crippen LogP contribution in [0.15, 0.2) is 12.1 Å². The molecule has 1 N–H and O–H groups in total. The van der Waals surface area contributed by atoms with E-state index < -0.39 is 4.92 Å². The largest absolute Gasteiger partial charge is 0.484 e. The molecule has 0 aromatic heterocycles. The van der Waals surface area contributed by atoms with Gasteiger partial charge in [0.15, 0.2) is 0 Å². The van der Waals surface area contributed by atoms with Crippen LogP contribution in [0.1, 0.15) is 0 Å². The van der Waals surface area contributed by atoms with Crippen molar-refractivity contribution in [2.45, 2.75) is 0 Å². The summed E-state index contributed by atoms with van der Waals surface area (Å²) in [5.41, 5.74) is 0.482. The van der Waals surface area contributed by atoms with Crippen LogP contribution in [0.3, 0.4) is 0 Å². The molecule has 1 aromatic rings. The van der Waals surface area contributed by atoms with Crippen molar-refractivity contribution < 1.29 is 9.66 Å². The average molecular weight is 215 g/mol. The number of hydrogen-bond donors (Lipinski definition) is 1. The lowest BCUT2D eigenvalue weighted by atomic mass is 10.2. The Kier molecular flexibility index (Phi) is 2.17. The number of nitrogens with zero attached hydrogens (tertiary/aromatic N) is 1. The van der Waals surface area contributed by atoms with E-state index in [2.05, 4.69) is 5.32 Å². The van der Waals surface area contributed by atoms with Gasteiger partial charge >= 0.3 is 5.69 Å². The SMILES string of the molecule is O=[N+]([O-])c1cc(Cl)cc2c1OCCN2. The molecule has 0 spiro atoms. The molecular formula is C8H7ClN2O3. The molecule has 6 heteroatoms. The Hall–Kier alpha value is -1.49. The van der Waals surface area contributed by atoms with E-state index in [1.54, 1.807) is 6.07 Å². The Morgan fingerprint density at radius 2 is 2.36 bits per heavy atom. The van der Waals surface area contributed by atoms with Crippen molar-refractivity contribution in [3.8, 4) is 5.75 Å². The lowest BCUT2D eigenvalue weighted by molar-refractivity contribution is -0.385. The summed E-state index contributed by atoms with van der Waals surface area (Å²) in [6, 6.07) is 2.90. The number of nitro groups is 1. The van der Waals surface area contributed by atoms with Crippen LogP contribution in [-0.2, 0) is 0 Å². The summed E-state index contributed by atoms with van der Waals surface area (Å²) >= 11 is 5.73. The predicted molar refractivity (Wildman–Crippen MR) is 52.1 cm³/mol. The Bertz CT molecular complexity index is 394. The van der Waals surface area contributed by atoms with Crippen molar-refractivity contribution in [3.63, 3.8) is 0 Å². The molecule has 1 heterocycles. The van der Waals surface area contributed by atoms with Gasteiger partial charge in [0.1, 0.15) is 6.61 Å². The molecule has 0 amide bonds. The van der Waals surface area contributed by atoms with E-state index in [4.69, 9.17) is 16.3 Å². The van der Waals surface area contributed by atoms with E-state index >= 15 is 0 Å². The van der Waals surface area contributed by atoms with E-state index in [-0.39, 0.29) is 11.4 Å². The smallest absolute Gasteiger partial charge is 0.314 e. The molecule has 5 nitrogen and oxygen atoms in total. The van der Waals surface area contributed by atoms with Gasteiger partial charge in [-0.2, -0.15) is 0 Å². The van der Waals surface area contributed by atoms with Crippen LogP contribution in [-0.4, -0.2) is 18.1 Å². The molecule has 0 fully saturated rings. The molecule has 1 aromatic carbocycles. The van der Waals surface area contributed by atoms with Gasteiger partial charge in [0.25, 0.3) is 0 Å². The van der Waals surface area contributed by atoms with Gasteiger partial charge in [-0.3, -0.25) is 10.1 Å². The molecule has 0 bridgehead atoms. The van der Waals surface area contributed by atoms with Crippen LogP contribution in [0.2, 0.25) is 5.02 Å². The highest BCUT2D eigenvalue weighted by molar-refractivity contribution is 6.31. The molecule has 0 unspecified atom stereocenters. The van der Waals surface area contributed by atoms with Gasteiger partial charge in [-0.25, -0.2) is 0 Å². The highest BCUT2D eigenvalue weighted by Gasteiger charge is 2.23. The molecule has 0 saturated heterocycles. The van der Waals surface area contributed by atoms with Gasteiger partial charge in [0, 0.05) is 17.6 Å². The fourth-order valence-electron chi connectivity index (χ4n) is 1.34. The van der Waals surface area contributed by atoms with Gasteiger partial charge in [-0.1, -0.05) is 11.6 Å². The number of nitrogens with one attached hydrogen (secondary N) is 1. The Morgan fingerprint density at radius 1 is 1.57 bits per heavy atom. The Morgan fingerprint density at radius 3 is 3.07 bits per heavy atom. The van der Waals surface area contributed by atoms with Gasteiger partial charge in [-0.15, -0.1) is 0 Å². The third-order valence-electron chi connectivity index (χ3n) is 1.89. The maximum Gasteiger partial charge on any atom is 0.314 e. The quantitative estimate of drug-likeness (QED) is 0.574. The van der Waals surface area contributed by atoms with E-state index in [1.165, 1.54) is 6.07 Å². The molecule has 2 rings (SSSR count). The monoisotopic (exact) mass is 214 g/mol. The topological polar surface area (TPSA) is 64.4 Å². The molecule has 1 aliphatic heterocycles. The first-order valence-electron chi connectivity index (χ1n) is 4.03. The van der Waals surface area contributed by atoms with Crippen LogP contribution < -0.4 is 10.1 Å². The summed E-state index contributed by atoms with van der Waals surface area (Å²) in [5.74, 6) is 0.269. The first kappa shape index (κ1) is 9.08. The number of ether oxygens (including phenoxy) is 1. The zero-order valence-corrected chi connectivity index (χ0v) is 7.87. The number of nitro benzene ring substituents is 1. The fraction of sp³-hybridized carbons (Fsp3) is 0.250. The molecule has 0 saturated carbocycles. The normalized spacial score (nSPS) is 13.8. The third kappa shape index (κ3) is 1.46. The minimum Gasteiger partial charge on any atom is -0.484 e. The van der Waals surface area contributed by atoms with Crippen LogP contribution in [0.4, 0.5) is 11.4 Å². The second-order valence-electron chi connectivity index (χ2n) is 2.83. The second-order valence-corrected chi connectivity index (χ2v) is 3.27. The van der Waals surface area contributed by atoms with E-state index in [0.29, 0.717) is 23.9 Å². The molecule has 0 atom stereocenters. The summed E-state index contributed by atoms with van der Waals surface area (Å²) in [5, 5.41) is 14.0. The Labute approximate surface area is 84.8 Å². The van der Waals surface area contributed by atoms with Crippen LogP contribution >= 0.6 is 11.6 Å². The minimum absolute atomic E-state index is 0.0975. The fourth-order valence-corrected chi connectivity index (χ4v) is 1.55. The Balaban J connectivity index is 2.58. The maximum absolute atomic E-state index is 10.7. The first-order chi connectivity index (χ1) is 6.68. The zero-order chi connectivity index (χ0) is 10.1. The molecule has 14 heavy (non-hydrogen) atoms. The van der Waals surface area contributed by atoms with Crippen molar-refractivity contribution in [1.82, 2.24) is 0 Å². The molecule has 0 aliphatic carbocycles. The first-order valence-corrected chi connectivity index (χ1v) is 4.41. The van der Waals surface area contributed by atoms with Crippen LogP contribution in [0, 0.1) is 10.1 Å². The molecular weight excluding hydrogens is 208 g/mol. The number of rotatable bonds is 1. The second kappa shape index (κ2) is 3.34. The minimum atomic E-state index is -0.502. The molecule has 0 radical (unpaired) electrons. The summed E-state index contributed by atoms with van der Waals surface area (Å²) in [6.07, 6.45) is 0. The van der Waals surface area contributed by atoms with Crippen LogP contribution in [0.25, 0.3) is 0 Å². The van der Waals surface area contributed by atoms with E-state index in [9.17, 15) is 10.1 Å².